The van der Waals surface area contributed by atoms with Gasteiger partial charge in [0.1, 0.15) is 5.82 Å². The van der Waals surface area contributed by atoms with Crippen molar-refractivity contribution >= 4 is 11.5 Å². The van der Waals surface area contributed by atoms with E-state index in [0.29, 0.717) is 13.1 Å². The minimum atomic E-state index is -0.284. The third kappa shape index (κ3) is 3.41. The molecule has 1 aliphatic heterocycles. The molecule has 1 aliphatic rings. The average molecular weight is 263 g/mol. The average Bonchev–Trinajstić information content (AvgIpc) is 2.88. The highest BCUT2D eigenvalue weighted by Gasteiger charge is 2.24. The molecule has 102 valence electrons. The SMILES string of the molecule is C/C(=C/C(=O)N1CCC(CO)C1)c1ccc(F)cc1. The van der Waals surface area contributed by atoms with E-state index in [1.807, 2.05) is 6.92 Å². The number of likely N-dealkylation sites (tertiary alicyclic amines) is 1. The van der Waals surface area contributed by atoms with Gasteiger partial charge in [-0.2, -0.15) is 0 Å². The standard InChI is InChI=1S/C15H18FNO2/c1-11(13-2-4-14(16)5-3-13)8-15(19)17-7-6-12(9-17)10-18/h2-5,8,12,18H,6-7,9-10H2,1H3/b11-8-. The van der Waals surface area contributed by atoms with Crippen molar-refractivity contribution in [3.63, 3.8) is 0 Å². The van der Waals surface area contributed by atoms with E-state index in [1.54, 1.807) is 23.1 Å². The molecule has 1 fully saturated rings. The molecular formula is C15H18FNO2. The van der Waals surface area contributed by atoms with Crippen molar-refractivity contribution in [1.82, 2.24) is 4.90 Å². The highest BCUT2D eigenvalue weighted by Crippen LogP contribution is 2.18. The van der Waals surface area contributed by atoms with Gasteiger partial charge in [0.25, 0.3) is 0 Å². The maximum absolute atomic E-state index is 12.8. The monoisotopic (exact) mass is 263 g/mol. The normalized spacial score (nSPS) is 19.8. The quantitative estimate of drug-likeness (QED) is 0.848. The zero-order valence-electron chi connectivity index (χ0n) is 11.0. The second-order valence-corrected chi connectivity index (χ2v) is 4.96. The van der Waals surface area contributed by atoms with E-state index in [9.17, 15) is 9.18 Å². The van der Waals surface area contributed by atoms with Crippen LogP contribution in [0.3, 0.4) is 0 Å². The number of rotatable bonds is 3. The molecule has 1 saturated heterocycles. The molecule has 2 rings (SSSR count). The summed E-state index contributed by atoms with van der Waals surface area (Å²) in [5, 5.41) is 9.06. The summed E-state index contributed by atoms with van der Waals surface area (Å²) in [4.78, 5) is 13.8. The molecule has 0 aromatic heterocycles. The molecule has 0 bridgehead atoms. The third-order valence-electron chi connectivity index (χ3n) is 3.50. The summed E-state index contributed by atoms with van der Waals surface area (Å²) in [6.45, 7) is 3.27. The number of allylic oxidation sites excluding steroid dienone is 1. The van der Waals surface area contributed by atoms with Gasteiger partial charge in [0.2, 0.25) is 5.91 Å². The van der Waals surface area contributed by atoms with Gasteiger partial charge in [-0.1, -0.05) is 12.1 Å². The largest absolute Gasteiger partial charge is 0.396 e. The van der Waals surface area contributed by atoms with Crippen molar-refractivity contribution in [2.24, 2.45) is 5.92 Å². The van der Waals surface area contributed by atoms with Gasteiger partial charge in [-0.25, -0.2) is 4.39 Å². The van der Waals surface area contributed by atoms with E-state index >= 15 is 0 Å². The van der Waals surface area contributed by atoms with Crippen LogP contribution in [0.5, 0.6) is 0 Å². The third-order valence-corrected chi connectivity index (χ3v) is 3.50. The minimum Gasteiger partial charge on any atom is -0.396 e. The molecule has 0 saturated carbocycles. The number of aliphatic hydroxyl groups is 1. The predicted octanol–water partition coefficient (Wildman–Crippen LogP) is 2.07. The van der Waals surface area contributed by atoms with Crippen LogP contribution in [-0.4, -0.2) is 35.6 Å². The van der Waals surface area contributed by atoms with E-state index in [1.165, 1.54) is 12.1 Å². The zero-order valence-corrected chi connectivity index (χ0v) is 11.0. The van der Waals surface area contributed by atoms with Crippen LogP contribution in [0.15, 0.2) is 30.3 Å². The molecule has 1 N–H and O–H groups in total. The summed E-state index contributed by atoms with van der Waals surface area (Å²) in [5.74, 6) is -0.130. The topological polar surface area (TPSA) is 40.5 Å². The van der Waals surface area contributed by atoms with Crippen LogP contribution in [0.1, 0.15) is 18.9 Å². The molecular weight excluding hydrogens is 245 g/mol. The maximum atomic E-state index is 12.8. The number of carbonyl (C=O) groups is 1. The van der Waals surface area contributed by atoms with E-state index in [-0.39, 0.29) is 24.2 Å². The van der Waals surface area contributed by atoms with Crippen molar-refractivity contribution < 1.29 is 14.3 Å². The first-order valence-electron chi connectivity index (χ1n) is 6.44. The van der Waals surface area contributed by atoms with Crippen LogP contribution < -0.4 is 0 Å². The number of aliphatic hydroxyl groups excluding tert-OH is 1. The first-order valence-corrected chi connectivity index (χ1v) is 6.44. The molecule has 4 heteroatoms. The van der Waals surface area contributed by atoms with E-state index < -0.39 is 0 Å². The Kier molecular flexibility index (Phi) is 4.32. The van der Waals surface area contributed by atoms with Crippen molar-refractivity contribution in [3.8, 4) is 0 Å². The second kappa shape index (κ2) is 5.97. The van der Waals surface area contributed by atoms with Crippen molar-refractivity contribution in [3.05, 3.63) is 41.7 Å². The Hall–Kier alpha value is -1.68. The second-order valence-electron chi connectivity index (χ2n) is 4.96. The number of benzene rings is 1. The lowest BCUT2D eigenvalue weighted by atomic mass is 10.1. The number of halogens is 1. The maximum Gasteiger partial charge on any atom is 0.246 e. The number of amides is 1. The highest BCUT2D eigenvalue weighted by molar-refractivity contribution is 5.95. The number of hydrogen-bond acceptors (Lipinski definition) is 2. The van der Waals surface area contributed by atoms with Crippen LogP contribution in [0, 0.1) is 11.7 Å². The highest BCUT2D eigenvalue weighted by atomic mass is 19.1. The zero-order chi connectivity index (χ0) is 13.8. The van der Waals surface area contributed by atoms with E-state index in [4.69, 9.17) is 5.11 Å². The molecule has 0 radical (unpaired) electrons. The Morgan fingerprint density at radius 3 is 2.74 bits per heavy atom. The Bertz CT molecular complexity index is 481. The Balaban J connectivity index is 2.04. The molecule has 3 nitrogen and oxygen atoms in total. The molecule has 19 heavy (non-hydrogen) atoms. The molecule has 0 spiro atoms. The summed E-state index contributed by atoms with van der Waals surface area (Å²) >= 11 is 0. The number of hydrogen-bond donors (Lipinski definition) is 1. The van der Waals surface area contributed by atoms with Gasteiger partial charge < -0.3 is 10.0 Å². The Morgan fingerprint density at radius 2 is 2.16 bits per heavy atom. The van der Waals surface area contributed by atoms with Crippen LogP contribution in [0.2, 0.25) is 0 Å². The van der Waals surface area contributed by atoms with Gasteiger partial charge in [-0.3, -0.25) is 4.79 Å². The molecule has 1 unspecified atom stereocenters. The first kappa shape index (κ1) is 13.7. The lowest BCUT2D eigenvalue weighted by Crippen LogP contribution is -2.27. The molecule has 1 atom stereocenters. The minimum absolute atomic E-state index is 0.0437. The van der Waals surface area contributed by atoms with Gasteiger partial charge in [-0.05, 0) is 36.6 Å². The smallest absolute Gasteiger partial charge is 0.246 e. The van der Waals surface area contributed by atoms with Crippen molar-refractivity contribution in [2.75, 3.05) is 19.7 Å². The first-order chi connectivity index (χ1) is 9.10. The van der Waals surface area contributed by atoms with Crippen LogP contribution >= 0.6 is 0 Å². The lowest BCUT2D eigenvalue weighted by molar-refractivity contribution is -0.125. The molecule has 1 aromatic rings. The van der Waals surface area contributed by atoms with Gasteiger partial charge in [0.15, 0.2) is 0 Å². The van der Waals surface area contributed by atoms with Crippen LogP contribution in [-0.2, 0) is 4.79 Å². The van der Waals surface area contributed by atoms with E-state index in [2.05, 4.69) is 0 Å². The number of nitrogens with zero attached hydrogens (tertiary/aromatic N) is 1. The Morgan fingerprint density at radius 1 is 1.47 bits per heavy atom. The Labute approximate surface area is 112 Å². The van der Waals surface area contributed by atoms with Gasteiger partial charge in [0, 0.05) is 31.7 Å². The van der Waals surface area contributed by atoms with Crippen LogP contribution in [0.4, 0.5) is 4.39 Å². The molecule has 1 heterocycles. The fourth-order valence-corrected chi connectivity index (χ4v) is 2.25. The summed E-state index contributed by atoms with van der Waals surface area (Å²) in [7, 11) is 0. The summed E-state index contributed by atoms with van der Waals surface area (Å²) < 4.78 is 12.8. The predicted molar refractivity (Wildman–Crippen MR) is 71.8 cm³/mol. The molecule has 1 aromatic carbocycles. The van der Waals surface area contributed by atoms with Crippen molar-refractivity contribution in [1.29, 1.82) is 0 Å². The summed E-state index contributed by atoms with van der Waals surface area (Å²) in [5.41, 5.74) is 1.66. The van der Waals surface area contributed by atoms with Gasteiger partial charge in [0.05, 0.1) is 0 Å². The van der Waals surface area contributed by atoms with E-state index in [0.717, 1.165) is 17.6 Å². The van der Waals surface area contributed by atoms with Gasteiger partial charge in [-0.15, -0.1) is 0 Å². The van der Waals surface area contributed by atoms with Crippen molar-refractivity contribution in [2.45, 2.75) is 13.3 Å². The van der Waals surface area contributed by atoms with Gasteiger partial charge >= 0.3 is 0 Å². The van der Waals surface area contributed by atoms with Crippen LogP contribution in [0.25, 0.3) is 5.57 Å². The molecule has 1 amide bonds. The molecule has 0 aliphatic carbocycles. The summed E-state index contributed by atoms with van der Waals surface area (Å²) in [6.07, 6.45) is 2.43. The lowest BCUT2D eigenvalue weighted by Gasteiger charge is -2.14. The fourth-order valence-electron chi connectivity index (χ4n) is 2.25. The summed E-state index contributed by atoms with van der Waals surface area (Å²) in [6, 6.07) is 6.09. The number of carbonyl (C=O) groups excluding carboxylic acids is 1. The fraction of sp³-hybridized carbons (Fsp3) is 0.400.